The molecule has 3 N–H and O–H groups in total. The van der Waals surface area contributed by atoms with Gasteiger partial charge in [-0.3, -0.25) is 9.47 Å². The Labute approximate surface area is 251 Å². The van der Waals surface area contributed by atoms with Crippen LogP contribution < -0.4 is 16.0 Å². The number of hydrogen-bond donors (Lipinski definition) is 3. The first-order valence-corrected chi connectivity index (χ1v) is 14.8. The fourth-order valence-electron chi connectivity index (χ4n) is 5.94. The van der Waals surface area contributed by atoms with Crippen molar-refractivity contribution in [2.75, 3.05) is 18.4 Å². The van der Waals surface area contributed by atoms with Gasteiger partial charge in [-0.1, -0.05) is 60.7 Å². The Kier molecular flexibility index (Phi) is 7.30. The van der Waals surface area contributed by atoms with Crippen molar-refractivity contribution in [3.8, 4) is 28.5 Å². The molecule has 0 radical (unpaired) electrons. The summed E-state index contributed by atoms with van der Waals surface area (Å²) in [7, 11) is 0. The topological polar surface area (TPSA) is 100 Å². The lowest BCUT2D eigenvalue weighted by Crippen LogP contribution is -2.47. The molecule has 9 heteroatoms. The Bertz CT molecular complexity index is 1750. The summed E-state index contributed by atoms with van der Waals surface area (Å²) < 4.78 is 2.09. The molecule has 0 saturated carbocycles. The van der Waals surface area contributed by atoms with E-state index >= 15 is 0 Å². The largest absolute Gasteiger partial charge is 0.338 e. The van der Waals surface area contributed by atoms with Gasteiger partial charge in [-0.15, -0.1) is 10.2 Å². The second-order valence-corrected chi connectivity index (χ2v) is 11.2. The van der Waals surface area contributed by atoms with Crippen LogP contribution in [0.1, 0.15) is 29.5 Å². The van der Waals surface area contributed by atoms with E-state index in [9.17, 15) is 4.79 Å². The molecular weight excluding hydrogens is 536 g/mol. The molecular formula is C34H34N8O. The Morgan fingerprint density at radius 2 is 1.67 bits per heavy atom. The van der Waals surface area contributed by atoms with E-state index in [0.717, 1.165) is 78.0 Å². The molecule has 2 amide bonds. The van der Waals surface area contributed by atoms with Crippen LogP contribution in [0.3, 0.4) is 0 Å². The summed E-state index contributed by atoms with van der Waals surface area (Å²) in [4.78, 5) is 19.5. The molecule has 9 nitrogen and oxygen atoms in total. The maximum absolute atomic E-state index is 12.5. The number of fused-ring (bicyclic) bond motifs is 5. The summed E-state index contributed by atoms with van der Waals surface area (Å²) in [5, 5.41) is 18.9. The molecule has 2 aromatic heterocycles. The Hall–Kier alpha value is -5.02. The van der Waals surface area contributed by atoms with Gasteiger partial charge in [-0.2, -0.15) is 0 Å². The normalized spacial score (nSPS) is 14.5. The number of hydrogen-bond acceptors (Lipinski definition) is 6. The van der Waals surface area contributed by atoms with Gasteiger partial charge in [0, 0.05) is 49.5 Å². The molecule has 0 unspecified atom stereocenters. The Morgan fingerprint density at radius 1 is 0.907 bits per heavy atom. The van der Waals surface area contributed by atoms with Crippen LogP contribution in [0.4, 0.5) is 16.3 Å². The summed E-state index contributed by atoms with van der Waals surface area (Å²) in [6, 6.07) is 28.9. The monoisotopic (exact) mass is 570 g/mol. The molecule has 43 heavy (non-hydrogen) atoms. The smallest absolute Gasteiger partial charge is 0.315 e. The average Bonchev–Trinajstić information content (AvgIpc) is 3.41. The van der Waals surface area contributed by atoms with Gasteiger partial charge in [0.2, 0.25) is 0 Å². The van der Waals surface area contributed by atoms with Crippen molar-refractivity contribution in [3.05, 3.63) is 108 Å². The first kappa shape index (κ1) is 26.9. The standard InChI is InChI=1S/C34H34N8O/c1-23-7-2-3-8-26(23)21-36-34(43)37-27-16-19-41(20-17-27)22-24-12-14-25(15-13-24)32-39-40-33-28-9-4-5-10-29(28)38-31-30(42(32)33)11-6-18-35-31/h2-15,18,27H,16-17,19-22H2,1H3,(H,35,38)(H2,36,37,43). The van der Waals surface area contributed by atoms with Gasteiger partial charge < -0.3 is 16.0 Å². The molecule has 0 atom stereocenters. The number of pyridine rings is 1. The Balaban J connectivity index is 0.988. The van der Waals surface area contributed by atoms with Crippen molar-refractivity contribution >= 4 is 17.5 Å². The van der Waals surface area contributed by atoms with Crippen molar-refractivity contribution in [1.82, 2.24) is 35.3 Å². The SMILES string of the molecule is Cc1ccccc1CNC(=O)NC1CCN(Cc2ccc(-c3nnc4n3-c3cccnc3Nc3ccccc3-4)cc2)CC1. The summed E-state index contributed by atoms with van der Waals surface area (Å²) in [6.45, 7) is 5.36. The second kappa shape index (κ2) is 11.7. The van der Waals surface area contributed by atoms with E-state index in [2.05, 4.69) is 90.0 Å². The highest BCUT2D eigenvalue weighted by molar-refractivity contribution is 5.84. The zero-order chi connectivity index (χ0) is 29.2. The molecule has 216 valence electrons. The molecule has 2 aliphatic rings. The van der Waals surface area contributed by atoms with Crippen LogP contribution >= 0.6 is 0 Å². The highest BCUT2D eigenvalue weighted by Gasteiger charge is 2.25. The number of amides is 2. The molecule has 3 aromatic carbocycles. The molecule has 5 aromatic rings. The maximum Gasteiger partial charge on any atom is 0.315 e. The van der Waals surface area contributed by atoms with E-state index in [1.54, 1.807) is 6.20 Å². The molecule has 0 aliphatic carbocycles. The number of rotatable bonds is 6. The molecule has 1 fully saturated rings. The predicted molar refractivity (Wildman–Crippen MR) is 168 cm³/mol. The van der Waals surface area contributed by atoms with E-state index < -0.39 is 0 Å². The number of aromatic nitrogens is 4. The minimum atomic E-state index is -0.0960. The van der Waals surface area contributed by atoms with Crippen molar-refractivity contribution in [2.24, 2.45) is 0 Å². The number of carbonyl (C=O) groups excluding carboxylic acids is 1. The number of para-hydroxylation sites is 1. The van der Waals surface area contributed by atoms with Crippen LogP contribution in [0.25, 0.3) is 28.5 Å². The lowest BCUT2D eigenvalue weighted by atomic mass is 10.0. The highest BCUT2D eigenvalue weighted by atomic mass is 16.2. The fourth-order valence-corrected chi connectivity index (χ4v) is 5.94. The number of anilines is 2. The van der Waals surface area contributed by atoms with Crippen molar-refractivity contribution in [2.45, 2.75) is 38.9 Å². The number of nitrogens with one attached hydrogen (secondary N) is 3. The van der Waals surface area contributed by atoms with Crippen LogP contribution in [0.5, 0.6) is 0 Å². The van der Waals surface area contributed by atoms with Gasteiger partial charge in [0.25, 0.3) is 0 Å². The first-order chi connectivity index (χ1) is 21.1. The second-order valence-electron chi connectivity index (χ2n) is 11.2. The van der Waals surface area contributed by atoms with Crippen molar-refractivity contribution < 1.29 is 4.79 Å². The molecule has 2 aliphatic heterocycles. The van der Waals surface area contributed by atoms with E-state index in [0.29, 0.717) is 6.54 Å². The molecule has 0 spiro atoms. The van der Waals surface area contributed by atoms with Crippen molar-refractivity contribution in [3.63, 3.8) is 0 Å². The first-order valence-electron chi connectivity index (χ1n) is 14.8. The molecule has 7 rings (SSSR count). The third kappa shape index (κ3) is 5.59. The van der Waals surface area contributed by atoms with E-state index in [1.807, 2.05) is 42.5 Å². The van der Waals surface area contributed by atoms with Crippen LogP contribution in [0.15, 0.2) is 91.1 Å². The van der Waals surface area contributed by atoms with Gasteiger partial charge >= 0.3 is 6.03 Å². The average molecular weight is 571 g/mol. The van der Waals surface area contributed by atoms with Gasteiger partial charge in [-0.25, -0.2) is 9.78 Å². The number of benzene rings is 3. The number of urea groups is 1. The van der Waals surface area contributed by atoms with Crippen LogP contribution in [-0.2, 0) is 13.1 Å². The van der Waals surface area contributed by atoms with Gasteiger partial charge in [0.1, 0.15) is 0 Å². The minimum absolute atomic E-state index is 0.0960. The third-order valence-corrected chi connectivity index (χ3v) is 8.35. The van der Waals surface area contributed by atoms with Gasteiger partial charge in [0.15, 0.2) is 17.5 Å². The van der Waals surface area contributed by atoms with E-state index in [1.165, 1.54) is 11.1 Å². The number of piperidine rings is 1. The maximum atomic E-state index is 12.5. The van der Waals surface area contributed by atoms with E-state index in [-0.39, 0.29) is 12.1 Å². The summed E-state index contributed by atoms with van der Waals surface area (Å²) in [5.41, 5.74) is 7.42. The summed E-state index contributed by atoms with van der Waals surface area (Å²) in [5.74, 6) is 2.34. The number of aryl methyl sites for hydroxylation is 1. The summed E-state index contributed by atoms with van der Waals surface area (Å²) >= 11 is 0. The van der Waals surface area contributed by atoms with Gasteiger partial charge in [0.05, 0.1) is 11.4 Å². The van der Waals surface area contributed by atoms with Crippen LogP contribution in [0.2, 0.25) is 0 Å². The third-order valence-electron chi connectivity index (χ3n) is 8.35. The number of carbonyl (C=O) groups is 1. The van der Waals surface area contributed by atoms with E-state index in [4.69, 9.17) is 0 Å². The molecule has 0 bridgehead atoms. The summed E-state index contributed by atoms with van der Waals surface area (Å²) in [6.07, 6.45) is 3.66. The highest BCUT2D eigenvalue weighted by Crippen LogP contribution is 2.39. The zero-order valence-electron chi connectivity index (χ0n) is 24.1. The lowest BCUT2D eigenvalue weighted by Gasteiger charge is -2.32. The lowest BCUT2D eigenvalue weighted by molar-refractivity contribution is 0.186. The fraction of sp³-hybridized carbons (Fsp3) is 0.235. The predicted octanol–water partition coefficient (Wildman–Crippen LogP) is 5.83. The number of likely N-dealkylation sites (tertiary alicyclic amines) is 1. The number of nitrogens with zero attached hydrogens (tertiary/aromatic N) is 5. The molecule has 4 heterocycles. The van der Waals surface area contributed by atoms with Crippen molar-refractivity contribution in [1.29, 1.82) is 0 Å². The zero-order valence-corrected chi connectivity index (χ0v) is 24.1. The quantitative estimate of drug-likeness (QED) is 0.233. The van der Waals surface area contributed by atoms with Crippen LogP contribution in [-0.4, -0.2) is 49.8 Å². The molecule has 1 saturated heterocycles. The minimum Gasteiger partial charge on any atom is -0.338 e. The van der Waals surface area contributed by atoms with Gasteiger partial charge in [-0.05, 0) is 60.7 Å². The Morgan fingerprint density at radius 3 is 2.51 bits per heavy atom. The van der Waals surface area contributed by atoms with Crippen LogP contribution in [0, 0.1) is 6.92 Å².